The van der Waals surface area contributed by atoms with Gasteiger partial charge < -0.3 is 4.74 Å². The fourth-order valence-corrected chi connectivity index (χ4v) is 1.83. The van der Waals surface area contributed by atoms with E-state index in [-0.39, 0.29) is 18.3 Å². The Balaban J connectivity index is 2.18. The molecule has 2 heterocycles. The van der Waals surface area contributed by atoms with Crippen molar-refractivity contribution in [3.8, 4) is 0 Å². The van der Waals surface area contributed by atoms with Crippen LogP contribution >= 0.6 is 0 Å². The van der Waals surface area contributed by atoms with Gasteiger partial charge in [0.2, 0.25) is 5.91 Å². The molecule has 1 saturated heterocycles. The summed E-state index contributed by atoms with van der Waals surface area (Å²) in [7, 11) is 1.32. The zero-order valence-corrected chi connectivity index (χ0v) is 9.71. The van der Waals surface area contributed by atoms with Crippen LogP contribution in [0.1, 0.15) is 12.1 Å². The maximum atomic E-state index is 11.8. The highest BCUT2D eigenvalue weighted by atomic mass is 16.5. The van der Waals surface area contributed by atoms with E-state index in [2.05, 4.69) is 14.7 Å². The molecule has 1 aromatic rings. The molecule has 0 N–H and O–H groups in total. The van der Waals surface area contributed by atoms with Gasteiger partial charge in [0.1, 0.15) is 0 Å². The first-order valence-electron chi connectivity index (χ1n) is 5.28. The molecule has 0 saturated carbocycles. The molecule has 0 bridgehead atoms. The molecular formula is C11H13N3O3. The van der Waals surface area contributed by atoms with Crippen molar-refractivity contribution >= 4 is 17.7 Å². The molecule has 1 unspecified atom stereocenters. The number of hydrogen-bond acceptors (Lipinski definition) is 5. The Hall–Kier alpha value is -1.98. The molecule has 17 heavy (non-hydrogen) atoms. The summed E-state index contributed by atoms with van der Waals surface area (Å²) in [5.74, 6) is -0.405. The van der Waals surface area contributed by atoms with Gasteiger partial charge in [-0.05, 0) is 6.92 Å². The zero-order chi connectivity index (χ0) is 12.4. The summed E-state index contributed by atoms with van der Waals surface area (Å²) in [6.07, 6.45) is 3.30. The lowest BCUT2D eigenvalue weighted by molar-refractivity contribution is -0.145. The molecule has 0 radical (unpaired) electrons. The molecule has 6 heteroatoms. The van der Waals surface area contributed by atoms with Gasteiger partial charge in [-0.25, -0.2) is 4.98 Å². The highest BCUT2D eigenvalue weighted by Gasteiger charge is 2.36. The van der Waals surface area contributed by atoms with Crippen LogP contribution in [0.5, 0.6) is 0 Å². The van der Waals surface area contributed by atoms with Crippen molar-refractivity contribution in [2.75, 3.05) is 18.6 Å². The minimum atomic E-state index is -0.408. The Labute approximate surface area is 98.6 Å². The lowest BCUT2D eigenvalue weighted by atomic mass is 10.1. The van der Waals surface area contributed by atoms with Crippen LogP contribution < -0.4 is 4.90 Å². The van der Waals surface area contributed by atoms with Crippen LogP contribution in [0.25, 0.3) is 0 Å². The highest BCUT2D eigenvalue weighted by Crippen LogP contribution is 2.23. The second-order valence-electron chi connectivity index (χ2n) is 3.95. The third-order valence-electron chi connectivity index (χ3n) is 2.68. The van der Waals surface area contributed by atoms with E-state index in [4.69, 9.17) is 0 Å². The topological polar surface area (TPSA) is 72.4 Å². The average molecular weight is 235 g/mol. The molecule has 90 valence electrons. The van der Waals surface area contributed by atoms with Gasteiger partial charge in [0.05, 0.1) is 24.9 Å². The number of methoxy groups -OCH3 is 1. The number of carbonyl (C=O) groups excluding carboxylic acids is 2. The van der Waals surface area contributed by atoms with Gasteiger partial charge in [0.25, 0.3) is 0 Å². The van der Waals surface area contributed by atoms with E-state index in [0.29, 0.717) is 12.4 Å². The predicted molar refractivity (Wildman–Crippen MR) is 59.2 cm³/mol. The second kappa shape index (κ2) is 4.48. The summed E-state index contributed by atoms with van der Waals surface area (Å²) in [5, 5.41) is 0. The summed E-state index contributed by atoms with van der Waals surface area (Å²) >= 11 is 0. The van der Waals surface area contributed by atoms with Crippen molar-refractivity contribution in [3.05, 3.63) is 18.1 Å². The number of esters is 1. The Morgan fingerprint density at radius 3 is 2.94 bits per heavy atom. The van der Waals surface area contributed by atoms with E-state index < -0.39 is 5.92 Å². The summed E-state index contributed by atoms with van der Waals surface area (Å²) < 4.78 is 4.64. The highest BCUT2D eigenvalue weighted by molar-refractivity contribution is 5.98. The number of carbonyl (C=O) groups is 2. The van der Waals surface area contributed by atoms with Crippen molar-refractivity contribution in [2.24, 2.45) is 5.92 Å². The van der Waals surface area contributed by atoms with E-state index >= 15 is 0 Å². The quantitative estimate of drug-likeness (QED) is 0.690. The van der Waals surface area contributed by atoms with E-state index in [0.717, 1.165) is 5.69 Å². The fraction of sp³-hybridized carbons (Fsp3) is 0.455. The van der Waals surface area contributed by atoms with Crippen LogP contribution in [0.2, 0.25) is 0 Å². The first kappa shape index (κ1) is 11.5. The predicted octanol–water partition coefficient (Wildman–Crippen LogP) is 0.311. The zero-order valence-electron chi connectivity index (χ0n) is 9.71. The monoisotopic (exact) mass is 235 g/mol. The molecule has 1 aliphatic heterocycles. The van der Waals surface area contributed by atoms with Crippen molar-refractivity contribution in [2.45, 2.75) is 13.3 Å². The number of aromatic nitrogens is 2. The van der Waals surface area contributed by atoms with E-state index in [1.165, 1.54) is 18.2 Å². The molecule has 2 rings (SSSR count). The molecule has 1 aromatic heterocycles. The lowest BCUT2D eigenvalue weighted by Gasteiger charge is -2.14. The molecular weight excluding hydrogens is 222 g/mol. The summed E-state index contributed by atoms with van der Waals surface area (Å²) in [6, 6.07) is 0. The van der Waals surface area contributed by atoms with Gasteiger partial charge in [0.15, 0.2) is 5.82 Å². The third-order valence-corrected chi connectivity index (χ3v) is 2.68. The molecule has 1 amide bonds. The smallest absolute Gasteiger partial charge is 0.311 e. The minimum absolute atomic E-state index is 0.125. The minimum Gasteiger partial charge on any atom is -0.469 e. The Kier molecular flexibility index (Phi) is 3.03. The summed E-state index contributed by atoms with van der Waals surface area (Å²) in [5.41, 5.74) is 0.733. The Morgan fingerprint density at radius 1 is 1.53 bits per heavy atom. The van der Waals surface area contributed by atoms with Crippen molar-refractivity contribution in [1.82, 2.24) is 9.97 Å². The van der Waals surface area contributed by atoms with E-state index in [1.807, 2.05) is 0 Å². The molecule has 1 fully saturated rings. The summed E-state index contributed by atoms with van der Waals surface area (Å²) in [4.78, 5) is 32.8. The third kappa shape index (κ3) is 2.25. The molecule has 0 aliphatic carbocycles. The maximum absolute atomic E-state index is 11.8. The number of ether oxygens (including phenoxy) is 1. The number of amides is 1. The van der Waals surface area contributed by atoms with Crippen LogP contribution in [-0.4, -0.2) is 35.5 Å². The van der Waals surface area contributed by atoms with Crippen LogP contribution in [0.15, 0.2) is 12.4 Å². The van der Waals surface area contributed by atoms with Crippen molar-refractivity contribution in [1.29, 1.82) is 0 Å². The van der Waals surface area contributed by atoms with E-state index in [9.17, 15) is 9.59 Å². The normalized spacial score (nSPS) is 19.5. The van der Waals surface area contributed by atoms with Gasteiger partial charge in [0, 0.05) is 19.2 Å². The lowest BCUT2D eigenvalue weighted by Crippen LogP contribution is -2.27. The van der Waals surface area contributed by atoms with Gasteiger partial charge in [-0.2, -0.15) is 0 Å². The van der Waals surface area contributed by atoms with Crippen LogP contribution in [-0.2, 0) is 14.3 Å². The first-order valence-corrected chi connectivity index (χ1v) is 5.28. The number of aryl methyl sites for hydroxylation is 1. The maximum Gasteiger partial charge on any atom is 0.311 e. The number of nitrogens with zero attached hydrogens (tertiary/aromatic N) is 3. The van der Waals surface area contributed by atoms with E-state index in [1.54, 1.807) is 13.1 Å². The molecule has 1 aliphatic rings. The fourth-order valence-electron chi connectivity index (χ4n) is 1.83. The van der Waals surface area contributed by atoms with Crippen LogP contribution in [0, 0.1) is 12.8 Å². The number of hydrogen-bond donors (Lipinski definition) is 0. The van der Waals surface area contributed by atoms with Gasteiger partial charge in [-0.15, -0.1) is 0 Å². The molecule has 0 aromatic carbocycles. The number of rotatable bonds is 2. The van der Waals surface area contributed by atoms with Gasteiger partial charge in [-0.3, -0.25) is 19.5 Å². The average Bonchev–Trinajstić information content (AvgIpc) is 2.70. The Morgan fingerprint density at radius 2 is 2.29 bits per heavy atom. The first-order chi connectivity index (χ1) is 8.11. The largest absolute Gasteiger partial charge is 0.469 e. The summed E-state index contributed by atoms with van der Waals surface area (Å²) in [6.45, 7) is 2.11. The second-order valence-corrected chi connectivity index (χ2v) is 3.95. The van der Waals surface area contributed by atoms with Gasteiger partial charge >= 0.3 is 5.97 Å². The van der Waals surface area contributed by atoms with Crippen molar-refractivity contribution < 1.29 is 14.3 Å². The van der Waals surface area contributed by atoms with Crippen molar-refractivity contribution in [3.63, 3.8) is 0 Å². The van der Waals surface area contributed by atoms with Crippen LogP contribution in [0.4, 0.5) is 5.82 Å². The molecule has 6 nitrogen and oxygen atoms in total. The number of anilines is 1. The Bertz CT molecular complexity index is 461. The SMILES string of the molecule is COC(=O)C1CC(=O)N(c2cncc(C)n2)C1. The van der Waals surface area contributed by atoms with Gasteiger partial charge in [-0.1, -0.05) is 0 Å². The molecule has 0 spiro atoms. The molecule has 1 atom stereocenters. The van der Waals surface area contributed by atoms with Crippen LogP contribution in [0.3, 0.4) is 0 Å². The standard InChI is InChI=1S/C11H13N3O3/c1-7-4-12-5-9(13-7)14-6-8(3-10(14)15)11(16)17-2/h4-5,8H,3,6H2,1-2H3.